The molecule has 0 unspecified atom stereocenters. The van der Waals surface area contributed by atoms with Gasteiger partial charge >= 0.3 is 11.9 Å². The molecule has 1 aliphatic rings. The second-order valence-electron chi connectivity index (χ2n) is 6.04. The van der Waals surface area contributed by atoms with Gasteiger partial charge in [-0.3, -0.25) is 4.79 Å². The number of nitrogens with one attached hydrogen (secondary N) is 1. The van der Waals surface area contributed by atoms with Crippen molar-refractivity contribution in [1.29, 1.82) is 0 Å². The topological polar surface area (TPSA) is 67.9 Å². The average molecular weight is 342 g/mol. The Morgan fingerprint density at radius 1 is 1.16 bits per heavy atom. The van der Waals surface area contributed by atoms with Crippen LogP contribution in [0.15, 0.2) is 42.5 Å². The number of hydrazine groups is 1. The molecule has 0 saturated carbocycles. The van der Waals surface area contributed by atoms with Crippen molar-refractivity contribution in [1.82, 2.24) is 10.4 Å². The van der Waals surface area contributed by atoms with E-state index in [1.807, 2.05) is 47.5 Å². The Hall–Kier alpha value is -2.28. The molecule has 6 heteroatoms. The zero-order valence-corrected chi connectivity index (χ0v) is 14.2. The molecule has 1 atom stereocenters. The van der Waals surface area contributed by atoms with Crippen LogP contribution in [0.25, 0.3) is 10.8 Å². The van der Waals surface area contributed by atoms with Crippen molar-refractivity contribution in [2.24, 2.45) is 0 Å². The number of carbonyl (C=O) groups excluding carboxylic acids is 2. The van der Waals surface area contributed by atoms with Crippen molar-refractivity contribution in [3.63, 3.8) is 0 Å². The highest BCUT2D eigenvalue weighted by atomic mass is 16.6. The number of fused-ring (bicyclic) bond motifs is 1. The van der Waals surface area contributed by atoms with Gasteiger partial charge < -0.3 is 9.47 Å². The van der Waals surface area contributed by atoms with Gasteiger partial charge in [0.05, 0.1) is 13.2 Å². The second-order valence-corrected chi connectivity index (χ2v) is 6.04. The van der Waals surface area contributed by atoms with Crippen molar-refractivity contribution in [2.45, 2.75) is 19.4 Å². The van der Waals surface area contributed by atoms with Gasteiger partial charge in [0, 0.05) is 26.4 Å². The summed E-state index contributed by atoms with van der Waals surface area (Å²) in [6.45, 7) is 3.81. The van der Waals surface area contributed by atoms with Crippen molar-refractivity contribution in [3.05, 3.63) is 48.0 Å². The molecule has 6 nitrogen and oxygen atoms in total. The minimum atomic E-state index is -0.632. The van der Waals surface area contributed by atoms with E-state index in [1.165, 1.54) is 6.92 Å². The zero-order valence-electron chi connectivity index (χ0n) is 14.2. The third-order valence-corrected chi connectivity index (χ3v) is 4.18. The summed E-state index contributed by atoms with van der Waals surface area (Å²) < 4.78 is 10.2. The molecule has 25 heavy (non-hydrogen) atoms. The smallest absolute Gasteiger partial charge is 0.332 e. The lowest BCUT2D eigenvalue weighted by Crippen LogP contribution is -2.54. The van der Waals surface area contributed by atoms with Gasteiger partial charge in [0.1, 0.15) is 6.04 Å². The van der Waals surface area contributed by atoms with E-state index >= 15 is 0 Å². The number of morpholine rings is 1. The van der Waals surface area contributed by atoms with Crippen LogP contribution >= 0.6 is 0 Å². The molecular weight excluding hydrogens is 320 g/mol. The molecule has 132 valence electrons. The summed E-state index contributed by atoms with van der Waals surface area (Å²) in [6.07, 6.45) is 0.435. The first-order valence-electron chi connectivity index (χ1n) is 8.41. The summed E-state index contributed by atoms with van der Waals surface area (Å²) in [5.74, 6) is -1.16. The lowest BCUT2D eigenvalue weighted by Gasteiger charge is -2.30. The standard InChI is InChI=1S/C19H22N2O4/c1-14(22)25-19(23)18(20-21-9-11-24-12-10-21)13-16-7-4-6-15-5-2-3-8-17(15)16/h2-8,18,20H,9-13H2,1H3/t18-/m0/s1. The fourth-order valence-corrected chi connectivity index (χ4v) is 3.00. The number of hydrogen-bond donors (Lipinski definition) is 1. The Bertz CT molecular complexity index is 751. The van der Waals surface area contributed by atoms with Crippen LogP contribution in [-0.4, -0.2) is 49.3 Å². The fraction of sp³-hybridized carbons (Fsp3) is 0.368. The largest absolute Gasteiger partial charge is 0.392 e. The van der Waals surface area contributed by atoms with Gasteiger partial charge in [0.25, 0.3) is 0 Å². The highest BCUT2D eigenvalue weighted by molar-refractivity contribution is 5.89. The average Bonchev–Trinajstić information content (AvgIpc) is 2.62. The Morgan fingerprint density at radius 2 is 1.88 bits per heavy atom. The van der Waals surface area contributed by atoms with Crippen LogP contribution in [0.3, 0.4) is 0 Å². The third kappa shape index (κ3) is 4.63. The minimum absolute atomic E-state index is 0.435. The number of esters is 2. The summed E-state index contributed by atoms with van der Waals surface area (Å²) in [5, 5.41) is 4.15. The lowest BCUT2D eigenvalue weighted by molar-refractivity contribution is -0.161. The normalized spacial score (nSPS) is 16.5. The first kappa shape index (κ1) is 17.5. The number of hydrogen-bond acceptors (Lipinski definition) is 6. The van der Waals surface area contributed by atoms with Gasteiger partial charge in [-0.1, -0.05) is 42.5 Å². The van der Waals surface area contributed by atoms with Gasteiger partial charge in [-0.05, 0) is 16.3 Å². The molecule has 2 aromatic carbocycles. The first-order valence-corrected chi connectivity index (χ1v) is 8.41. The summed E-state index contributed by atoms with van der Waals surface area (Å²) in [5.41, 5.74) is 4.23. The van der Waals surface area contributed by atoms with E-state index in [1.54, 1.807) is 0 Å². The number of rotatable bonds is 5. The summed E-state index contributed by atoms with van der Waals surface area (Å²) in [6, 6.07) is 13.4. The predicted octanol–water partition coefficient (Wildman–Crippen LogP) is 1.68. The molecule has 1 heterocycles. The molecule has 1 fully saturated rings. The lowest BCUT2D eigenvalue weighted by atomic mass is 9.99. The van der Waals surface area contributed by atoms with Crippen LogP contribution in [0.4, 0.5) is 0 Å². The van der Waals surface area contributed by atoms with Gasteiger partial charge in [-0.25, -0.2) is 15.2 Å². The van der Waals surface area contributed by atoms with E-state index in [2.05, 4.69) is 5.43 Å². The molecule has 1 aliphatic heterocycles. The van der Waals surface area contributed by atoms with Crippen LogP contribution in [0, 0.1) is 0 Å². The van der Waals surface area contributed by atoms with Crippen LogP contribution in [0.1, 0.15) is 12.5 Å². The highest BCUT2D eigenvalue weighted by Gasteiger charge is 2.25. The molecule has 3 rings (SSSR count). The van der Waals surface area contributed by atoms with E-state index in [9.17, 15) is 9.59 Å². The minimum Gasteiger partial charge on any atom is -0.392 e. The van der Waals surface area contributed by atoms with Gasteiger partial charge in [0.15, 0.2) is 0 Å². The molecule has 0 aliphatic carbocycles. The maximum absolute atomic E-state index is 12.4. The second kappa shape index (κ2) is 8.20. The zero-order chi connectivity index (χ0) is 17.6. The maximum atomic E-state index is 12.4. The van der Waals surface area contributed by atoms with Gasteiger partial charge in [0.2, 0.25) is 0 Å². The SMILES string of the molecule is CC(=O)OC(=O)[C@H](Cc1cccc2ccccc12)NN1CCOCC1. The number of ether oxygens (including phenoxy) is 2. The van der Waals surface area contributed by atoms with E-state index < -0.39 is 18.0 Å². The fourth-order valence-electron chi connectivity index (χ4n) is 3.00. The summed E-state index contributed by atoms with van der Waals surface area (Å²) in [4.78, 5) is 23.6. The molecular formula is C19H22N2O4. The van der Waals surface area contributed by atoms with Crippen LogP contribution in [0.2, 0.25) is 0 Å². The van der Waals surface area contributed by atoms with Gasteiger partial charge in [-0.15, -0.1) is 0 Å². The van der Waals surface area contributed by atoms with Crippen molar-refractivity contribution in [2.75, 3.05) is 26.3 Å². The Balaban J connectivity index is 1.82. The Kier molecular flexibility index (Phi) is 5.75. The third-order valence-electron chi connectivity index (χ3n) is 4.18. The highest BCUT2D eigenvalue weighted by Crippen LogP contribution is 2.20. The van der Waals surface area contributed by atoms with E-state index in [0.29, 0.717) is 32.7 Å². The molecule has 0 bridgehead atoms. The molecule has 0 spiro atoms. The Morgan fingerprint density at radius 3 is 2.64 bits per heavy atom. The van der Waals surface area contributed by atoms with E-state index in [0.717, 1.165) is 16.3 Å². The monoisotopic (exact) mass is 342 g/mol. The number of nitrogens with zero attached hydrogens (tertiary/aromatic N) is 1. The number of benzene rings is 2. The van der Waals surface area contributed by atoms with Gasteiger partial charge in [-0.2, -0.15) is 0 Å². The van der Waals surface area contributed by atoms with E-state index in [4.69, 9.17) is 9.47 Å². The van der Waals surface area contributed by atoms with Crippen LogP contribution in [-0.2, 0) is 25.5 Å². The van der Waals surface area contributed by atoms with E-state index in [-0.39, 0.29) is 0 Å². The quantitative estimate of drug-likeness (QED) is 0.659. The number of carbonyl (C=O) groups is 2. The van der Waals surface area contributed by atoms with Crippen LogP contribution in [0.5, 0.6) is 0 Å². The molecule has 1 saturated heterocycles. The first-order chi connectivity index (χ1) is 12.1. The molecule has 0 radical (unpaired) electrons. The van der Waals surface area contributed by atoms with Crippen molar-refractivity contribution >= 4 is 22.7 Å². The molecule has 2 aromatic rings. The summed E-state index contributed by atoms with van der Waals surface area (Å²) in [7, 11) is 0. The molecule has 0 amide bonds. The van der Waals surface area contributed by atoms with Crippen molar-refractivity contribution in [3.8, 4) is 0 Å². The molecule has 0 aromatic heterocycles. The predicted molar refractivity (Wildman–Crippen MR) is 93.7 cm³/mol. The van der Waals surface area contributed by atoms with Crippen LogP contribution < -0.4 is 5.43 Å². The summed E-state index contributed by atoms with van der Waals surface area (Å²) >= 11 is 0. The molecule has 1 N–H and O–H groups in total. The van der Waals surface area contributed by atoms with Crippen molar-refractivity contribution < 1.29 is 19.1 Å². The Labute approximate surface area is 146 Å². The maximum Gasteiger partial charge on any atom is 0.332 e.